The van der Waals surface area contributed by atoms with E-state index in [1.165, 1.54) is 57.6 Å². The van der Waals surface area contributed by atoms with Gasteiger partial charge in [-0.3, -0.25) is 14.8 Å². The fourth-order valence-electron chi connectivity index (χ4n) is 4.51. The van der Waals surface area contributed by atoms with Crippen molar-refractivity contribution in [2.75, 3.05) is 26.2 Å². The van der Waals surface area contributed by atoms with Crippen molar-refractivity contribution in [1.82, 2.24) is 14.8 Å². The summed E-state index contributed by atoms with van der Waals surface area (Å²) in [6.45, 7) is 5.78. The number of carboxylic acids is 2. The summed E-state index contributed by atoms with van der Waals surface area (Å²) in [6.07, 6.45) is 7.32. The number of hydrogen-bond acceptors (Lipinski definition) is 5. The molecule has 1 aliphatic heterocycles. The van der Waals surface area contributed by atoms with Gasteiger partial charge >= 0.3 is 11.9 Å². The van der Waals surface area contributed by atoms with E-state index in [1.54, 1.807) is 5.56 Å². The minimum atomic E-state index is -1.82. The van der Waals surface area contributed by atoms with Crippen molar-refractivity contribution in [2.24, 2.45) is 0 Å². The summed E-state index contributed by atoms with van der Waals surface area (Å²) < 4.78 is 0. The summed E-state index contributed by atoms with van der Waals surface area (Å²) in [6, 6.07) is 18.1. The average molecular weight is 426 g/mol. The Labute approximate surface area is 183 Å². The highest BCUT2D eigenvalue weighted by Gasteiger charge is 2.28. The zero-order chi connectivity index (χ0) is 22.1. The number of hydrogen-bond donors (Lipinski definition) is 2. The normalized spacial score (nSPS) is 22.2. The third-order valence-electron chi connectivity index (χ3n) is 6.19. The van der Waals surface area contributed by atoms with E-state index in [4.69, 9.17) is 19.8 Å². The zero-order valence-electron chi connectivity index (χ0n) is 17.8. The average Bonchev–Trinajstić information content (AvgIpc) is 2.81. The first-order valence-electron chi connectivity index (χ1n) is 10.9. The molecule has 0 bridgehead atoms. The van der Waals surface area contributed by atoms with Gasteiger partial charge in [0.05, 0.1) is 5.69 Å². The van der Waals surface area contributed by atoms with Crippen molar-refractivity contribution in [1.29, 1.82) is 0 Å². The number of carboxylic acid groups (broad SMARTS) is 2. The van der Waals surface area contributed by atoms with Gasteiger partial charge in [-0.15, -0.1) is 0 Å². The van der Waals surface area contributed by atoms with Gasteiger partial charge in [-0.25, -0.2) is 9.59 Å². The molecule has 7 nitrogen and oxygen atoms in total. The molecule has 2 N–H and O–H groups in total. The van der Waals surface area contributed by atoms with Crippen LogP contribution in [-0.4, -0.2) is 69.2 Å². The van der Waals surface area contributed by atoms with Crippen LogP contribution in [0.3, 0.4) is 0 Å². The summed E-state index contributed by atoms with van der Waals surface area (Å²) in [5.41, 5.74) is 2.74. The summed E-state index contributed by atoms with van der Waals surface area (Å²) in [4.78, 5) is 28.0. The number of nitrogens with zero attached hydrogens (tertiary/aromatic N) is 3. The first kappa shape index (κ1) is 22.9. The highest BCUT2D eigenvalue weighted by atomic mass is 16.4. The SMILES string of the molecule is O=C(O)C(=O)O.c1ccc(C2CCC(N3CCN(Cc4ccccn4)CC3)CC2)cc1. The van der Waals surface area contributed by atoms with Crippen molar-refractivity contribution in [3.05, 3.63) is 66.0 Å². The lowest BCUT2D eigenvalue weighted by atomic mass is 9.81. The highest BCUT2D eigenvalue weighted by molar-refractivity contribution is 6.27. The van der Waals surface area contributed by atoms with Crippen LogP contribution in [0.25, 0.3) is 0 Å². The third-order valence-corrected chi connectivity index (χ3v) is 6.19. The van der Waals surface area contributed by atoms with Gasteiger partial charge in [-0.1, -0.05) is 36.4 Å². The van der Waals surface area contributed by atoms with Gasteiger partial charge in [-0.2, -0.15) is 0 Å². The fraction of sp³-hybridized carbons (Fsp3) is 0.458. The molecule has 2 aliphatic rings. The maximum Gasteiger partial charge on any atom is 0.414 e. The largest absolute Gasteiger partial charge is 0.473 e. The molecule has 2 heterocycles. The maximum absolute atomic E-state index is 9.10. The van der Waals surface area contributed by atoms with E-state index in [9.17, 15) is 0 Å². The van der Waals surface area contributed by atoms with E-state index in [-0.39, 0.29) is 0 Å². The van der Waals surface area contributed by atoms with Crippen molar-refractivity contribution in [3.8, 4) is 0 Å². The molecule has 166 valence electrons. The third kappa shape index (κ3) is 7.15. The second-order valence-electron chi connectivity index (χ2n) is 8.16. The maximum atomic E-state index is 9.10. The lowest BCUT2D eigenvalue weighted by molar-refractivity contribution is -0.159. The quantitative estimate of drug-likeness (QED) is 0.727. The summed E-state index contributed by atoms with van der Waals surface area (Å²) in [5, 5.41) is 14.8. The van der Waals surface area contributed by atoms with Crippen LogP contribution in [0.2, 0.25) is 0 Å². The smallest absolute Gasteiger partial charge is 0.414 e. The van der Waals surface area contributed by atoms with Crippen LogP contribution in [0.15, 0.2) is 54.7 Å². The molecule has 1 saturated carbocycles. The Morgan fingerprint density at radius 1 is 0.839 bits per heavy atom. The second-order valence-corrected chi connectivity index (χ2v) is 8.16. The van der Waals surface area contributed by atoms with Gasteiger partial charge in [0.25, 0.3) is 0 Å². The Morgan fingerprint density at radius 2 is 1.45 bits per heavy atom. The molecule has 0 radical (unpaired) electrons. The molecule has 1 aromatic heterocycles. The predicted octanol–water partition coefficient (Wildman–Crippen LogP) is 3.08. The van der Waals surface area contributed by atoms with Crippen LogP contribution in [0, 0.1) is 0 Å². The standard InChI is InChI=1S/C22H29N3.C2H2O4/c1-2-6-19(7-3-1)20-9-11-22(12-10-20)25-16-14-24(15-17-25)18-21-8-4-5-13-23-21;3-1(4)2(5)6/h1-8,13,20,22H,9-12,14-18H2;(H,3,4)(H,5,6). The van der Waals surface area contributed by atoms with Gasteiger partial charge in [0.15, 0.2) is 0 Å². The lowest BCUT2D eigenvalue weighted by Crippen LogP contribution is -2.50. The van der Waals surface area contributed by atoms with E-state index < -0.39 is 11.9 Å². The van der Waals surface area contributed by atoms with Crippen LogP contribution in [-0.2, 0) is 16.1 Å². The Kier molecular flexibility index (Phi) is 8.55. The molecular formula is C24H31N3O4. The van der Waals surface area contributed by atoms with Gasteiger partial charge in [0.2, 0.25) is 0 Å². The molecule has 7 heteroatoms. The molecule has 4 rings (SSSR count). The van der Waals surface area contributed by atoms with Crippen LogP contribution in [0.5, 0.6) is 0 Å². The monoisotopic (exact) mass is 425 g/mol. The van der Waals surface area contributed by atoms with E-state index in [2.05, 4.69) is 57.2 Å². The Bertz CT molecular complexity index is 803. The van der Waals surface area contributed by atoms with Gasteiger partial charge in [0, 0.05) is 45.0 Å². The highest BCUT2D eigenvalue weighted by Crippen LogP contribution is 2.34. The number of benzene rings is 1. The molecule has 0 unspecified atom stereocenters. The number of aliphatic carboxylic acids is 2. The van der Waals surface area contributed by atoms with Crippen molar-refractivity contribution < 1.29 is 19.8 Å². The van der Waals surface area contributed by atoms with E-state index in [0.717, 1.165) is 18.5 Å². The van der Waals surface area contributed by atoms with Crippen LogP contribution in [0.1, 0.15) is 42.9 Å². The molecule has 2 aromatic rings. The molecule has 1 aliphatic carbocycles. The number of piperazine rings is 1. The number of aromatic nitrogens is 1. The van der Waals surface area contributed by atoms with Gasteiger partial charge in [0.1, 0.15) is 0 Å². The van der Waals surface area contributed by atoms with Crippen LogP contribution < -0.4 is 0 Å². The van der Waals surface area contributed by atoms with Crippen molar-refractivity contribution in [3.63, 3.8) is 0 Å². The fourth-order valence-corrected chi connectivity index (χ4v) is 4.51. The molecular weight excluding hydrogens is 394 g/mol. The topological polar surface area (TPSA) is 94.0 Å². The van der Waals surface area contributed by atoms with E-state index >= 15 is 0 Å². The Hall–Kier alpha value is -2.77. The zero-order valence-corrected chi connectivity index (χ0v) is 17.8. The number of pyridine rings is 1. The summed E-state index contributed by atoms with van der Waals surface area (Å²) in [7, 11) is 0. The van der Waals surface area contributed by atoms with Crippen molar-refractivity contribution >= 4 is 11.9 Å². The minimum Gasteiger partial charge on any atom is -0.473 e. The lowest BCUT2D eigenvalue weighted by Gasteiger charge is -2.42. The first-order valence-corrected chi connectivity index (χ1v) is 10.9. The summed E-state index contributed by atoms with van der Waals surface area (Å²) >= 11 is 0. The van der Waals surface area contributed by atoms with Crippen molar-refractivity contribution in [2.45, 2.75) is 44.2 Å². The Morgan fingerprint density at radius 3 is 2.00 bits per heavy atom. The molecule has 0 atom stereocenters. The molecule has 1 aromatic carbocycles. The van der Waals surface area contributed by atoms with E-state index in [1.807, 2.05) is 12.3 Å². The van der Waals surface area contributed by atoms with Gasteiger partial charge < -0.3 is 10.2 Å². The molecule has 0 amide bonds. The van der Waals surface area contributed by atoms with E-state index in [0.29, 0.717) is 0 Å². The number of carbonyl (C=O) groups is 2. The first-order chi connectivity index (χ1) is 15.0. The molecule has 31 heavy (non-hydrogen) atoms. The second kappa shape index (κ2) is 11.6. The minimum absolute atomic E-state index is 0.780. The molecule has 0 spiro atoms. The Balaban J connectivity index is 0.000000401. The summed E-state index contributed by atoms with van der Waals surface area (Å²) in [5.74, 6) is -2.87. The molecule has 2 fully saturated rings. The number of rotatable bonds is 4. The van der Waals surface area contributed by atoms with Crippen LogP contribution in [0.4, 0.5) is 0 Å². The predicted molar refractivity (Wildman–Crippen MR) is 118 cm³/mol. The molecule has 1 saturated heterocycles. The van der Waals surface area contributed by atoms with Gasteiger partial charge in [-0.05, 0) is 49.3 Å². The van der Waals surface area contributed by atoms with Crippen LogP contribution >= 0.6 is 0 Å².